The smallest absolute Gasteiger partial charge is 0.165 e. The summed E-state index contributed by atoms with van der Waals surface area (Å²) >= 11 is 1.34. The number of rotatable bonds is 2. The highest BCUT2D eigenvalue weighted by atomic mass is 32.1. The summed E-state index contributed by atoms with van der Waals surface area (Å²) in [7, 11) is 0. The van der Waals surface area contributed by atoms with E-state index in [1.54, 1.807) is 5.51 Å². The van der Waals surface area contributed by atoms with Crippen LogP contribution in [-0.4, -0.2) is 19.6 Å². The van der Waals surface area contributed by atoms with Gasteiger partial charge in [0.1, 0.15) is 5.51 Å². The lowest BCUT2D eigenvalue weighted by atomic mass is 10.2. The molecule has 0 saturated heterocycles. The Bertz CT molecular complexity index is 624. The molecule has 1 aromatic carbocycles. The molecular weight excluding hydrogens is 220 g/mol. The maximum Gasteiger partial charge on any atom is 0.165 e. The Balaban J connectivity index is 2.01. The zero-order chi connectivity index (χ0) is 10.8. The zero-order valence-electron chi connectivity index (χ0n) is 8.29. The topological polar surface area (TPSA) is 54.5 Å². The molecule has 0 fully saturated rings. The third-order valence-corrected chi connectivity index (χ3v) is 2.76. The predicted octanol–water partition coefficient (Wildman–Crippen LogP) is 2.58. The van der Waals surface area contributed by atoms with Crippen LogP contribution in [0.15, 0.2) is 29.8 Å². The molecule has 16 heavy (non-hydrogen) atoms. The lowest BCUT2D eigenvalue weighted by Gasteiger charge is -1.87. The summed E-state index contributed by atoms with van der Waals surface area (Å²) in [5, 5.41) is 8.32. The lowest BCUT2D eigenvalue weighted by Crippen LogP contribution is -1.75. The lowest BCUT2D eigenvalue weighted by molar-refractivity contribution is 1.11. The third-order valence-electron chi connectivity index (χ3n) is 2.27. The van der Waals surface area contributed by atoms with E-state index >= 15 is 0 Å². The van der Waals surface area contributed by atoms with Crippen molar-refractivity contribution in [3.63, 3.8) is 0 Å². The predicted molar refractivity (Wildman–Crippen MR) is 64.9 cm³/mol. The highest BCUT2D eigenvalue weighted by Crippen LogP contribution is 2.16. The van der Waals surface area contributed by atoms with Gasteiger partial charge in [0, 0.05) is 5.39 Å². The van der Waals surface area contributed by atoms with Crippen molar-refractivity contribution in [2.75, 3.05) is 0 Å². The molecule has 0 aliphatic carbocycles. The van der Waals surface area contributed by atoms with Gasteiger partial charge < -0.3 is 0 Å². The number of hydrogen-bond donors (Lipinski definition) is 1. The fourth-order valence-corrected chi connectivity index (χ4v) is 1.94. The molecule has 4 nitrogen and oxygen atoms in total. The van der Waals surface area contributed by atoms with E-state index in [0.29, 0.717) is 0 Å². The Labute approximate surface area is 95.8 Å². The molecule has 2 aromatic heterocycles. The maximum atomic E-state index is 4.23. The van der Waals surface area contributed by atoms with Crippen LogP contribution in [0.4, 0.5) is 0 Å². The van der Waals surface area contributed by atoms with Crippen molar-refractivity contribution in [2.24, 2.45) is 0 Å². The summed E-state index contributed by atoms with van der Waals surface area (Å²) < 4.78 is 4.10. The van der Waals surface area contributed by atoms with Crippen LogP contribution in [0.2, 0.25) is 0 Å². The number of aromatic amines is 1. The van der Waals surface area contributed by atoms with Crippen LogP contribution in [-0.2, 0) is 0 Å². The van der Waals surface area contributed by atoms with E-state index in [-0.39, 0.29) is 0 Å². The summed E-state index contributed by atoms with van der Waals surface area (Å²) in [4.78, 5) is 4.08. The van der Waals surface area contributed by atoms with Crippen LogP contribution in [0.25, 0.3) is 23.1 Å². The summed E-state index contributed by atoms with van der Waals surface area (Å²) in [5.74, 6) is 0.720. The first kappa shape index (κ1) is 9.23. The van der Waals surface area contributed by atoms with Crippen molar-refractivity contribution in [3.05, 3.63) is 41.3 Å². The molecule has 3 rings (SSSR count). The van der Waals surface area contributed by atoms with E-state index in [4.69, 9.17) is 0 Å². The Kier molecular flexibility index (Phi) is 2.23. The van der Waals surface area contributed by atoms with Gasteiger partial charge in [-0.05, 0) is 29.8 Å². The fourth-order valence-electron chi connectivity index (χ4n) is 1.52. The number of benzene rings is 1. The Morgan fingerprint density at radius 1 is 1.19 bits per heavy atom. The summed E-state index contributed by atoms with van der Waals surface area (Å²) in [5.41, 5.74) is 3.65. The van der Waals surface area contributed by atoms with Crippen molar-refractivity contribution < 1.29 is 0 Å². The summed E-state index contributed by atoms with van der Waals surface area (Å²) in [6.45, 7) is 0. The van der Waals surface area contributed by atoms with Gasteiger partial charge in [0.15, 0.2) is 5.82 Å². The first-order valence-electron chi connectivity index (χ1n) is 4.81. The van der Waals surface area contributed by atoms with E-state index in [0.717, 1.165) is 22.4 Å². The second-order valence-electron chi connectivity index (χ2n) is 3.28. The van der Waals surface area contributed by atoms with Crippen LogP contribution in [0, 0.1) is 0 Å². The van der Waals surface area contributed by atoms with Gasteiger partial charge in [-0.15, -0.1) is 0 Å². The molecule has 0 unspecified atom stereocenters. The van der Waals surface area contributed by atoms with Crippen molar-refractivity contribution in [2.45, 2.75) is 0 Å². The Morgan fingerprint density at radius 3 is 3.00 bits per heavy atom. The van der Waals surface area contributed by atoms with E-state index in [9.17, 15) is 0 Å². The van der Waals surface area contributed by atoms with E-state index in [2.05, 4.69) is 19.6 Å². The van der Waals surface area contributed by atoms with Crippen molar-refractivity contribution in [1.82, 2.24) is 19.6 Å². The molecule has 5 heteroatoms. The van der Waals surface area contributed by atoms with Gasteiger partial charge >= 0.3 is 0 Å². The monoisotopic (exact) mass is 228 g/mol. The standard InChI is InChI=1S/C11H8N4S/c1-2-4-9-8(3-1)10(14-13-9)5-6-11-12-7-16-15-11/h1-7H,(H,13,14). The molecule has 3 aromatic rings. The van der Waals surface area contributed by atoms with Gasteiger partial charge in [-0.1, -0.05) is 18.2 Å². The summed E-state index contributed by atoms with van der Waals surface area (Å²) in [6.07, 6.45) is 3.78. The van der Waals surface area contributed by atoms with Gasteiger partial charge in [0.2, 0.25) is 0 Å². The van der Waals surface area contributed by atoms with Crippen LogP contribution in [0.5, 0.6) is 0 Å². The molecule has 0 saturated carbocycles. The molecule has 0 aliphatic heterocycles. The van der Waals surface area contributed by atoms with Crippen LogP contribution < -0.4 is 0 Å². The maximum absolute atomic E-state index is 4.23. The molecule has 0 aliphatic rings. The molecular formula is C11H8N4S. The molecule has 1 N–H and O–H groups in total. The number of hydrogen-bond acceptors (Lipinski definition) is 4. The van der Waals surface area contributed by atoms with Gasteiger partial charge in [-0.3, -0.25) is 5.10 Å². The average molecular weight is 228 g/mol. The molecule has 0 bridgehead atoms. The van der Waals surface area contributed by atoms with Crippen LogP contribution >= 0.6 is 11.5 Å². The first-order valence-corrected chi connectivity index (χ1v) is 5.65. The number of aromatic nitrogens is 4. The highest BCUT2D eigenvalue weighted by Gasteiger charge is 2.00. The third kappa shape index (κ3) is 1.61. The molecule has 0 atom stereocenters. The number of H-pyrrole nitrogens is 1. The van der Waals surface area contributed by atoms with E-state index < -0.39 is 0 Å². The minimum absolute atomic E-state index is 0.720. The SMILES string of the molecule is C(=Cc1n[nH]c2ccccc12)c1ncsn1. The minimum Gasteiger partial charge on any atom is -0.277 e. The highest BCUT2D eigenvalue weighted by molar-refractivity contribution is 7.03. The zero-order valence-corrected chi connectivity index (χ0v) is 9.11. The normalized spacial score (nSPS) is 11.5. The molecule has 78 valence electrons. The van der Waals surface area contributed by atoms with E-state index in [1.807, 2.05) is 36.4 Å². The van der Waals surface area contributed by atoms with Crippen LogP contribution in [0.1, 0.15) is 11.5 Å². The fraction of sp³-hybridized carbons (Fsp3) is 0. The Morgan fingerprint density at radius 2 is 2.12 bits per heavy atom. The first-order chi connectivity index (χ1) is 7.93. The number of para-hydroxylation sites is 1. The van der Waals surface area contributed by atoms with Gasteiger partial charge in [-0.2, -0.15) is 9.47 Å². The van der Waals surface area contributed by atoms with Gasteiger partial charge in [-0.25, -0.2) is 4.98 Å². The molecule has 2 heterocycles. The minimum atomic E-state index is 0.720. The Hall–Kier alpha value is -2.01. The molecule has 0 spiro atoms. The van der Waals surface area contributed by atoms with Crippen molar-refractivity contribution >= 4 is 34.6 Å². The second-order valence-corrected chi connectivity index (χ2v) is 3.88. The largest absolute Gasteiger partial charge is 0.277 e. The van der Waals surface area contributed by atoms with Crippen LogP contribution in [0.3, 0.4) is 0 Å². The van der Waals surface area contributed by atoms with Crippen molar-refractivity contribution in [1.29, 1.82) is 0 Å². The second kappa shape index (κ2) is 3.86. The quantitative estimate of drug-likeness (QED) is 0.733. The molecule has 0 amide bonds. The van der Waals surface area contributed by atoms with E-state index in [1.165, 1.54) is 11.5 Å². The number of nitrogens with one attached hydrogen (secondary N) is 1. The van der Waals surface area contributed by atoms with Gasteiger partial charge in [0.25, 0.3) is 0 Å². The van der Waals surface area contributed by atoms with Crippen molar-refractivity contribution in [3.8, 4) is 0 Å². The molecule has 0 radical (unpaired) electrons. The average Bonchev–Trinajstić information content (AvgIpc) is 2.96. The number of nitrogens with zero attached hydrogens (tertiary/aromatic N) is 3. The van der Waals surface area contributed by atoms with Gasteiger partial charge in [0.05, 0.1) is 11.2 Å². The summed E-state index contributed by atoms with van der Waals surface area (Å²) in [6, 6.07) is 8.01. The number of fused-ring (bicyclic) bond motifs is 1.